The molecule has 0 fully saturated rings. The molecule has 2 rings (SSSR count). The molecule has 0 saturated carbocycles. The Morgan fingerprint density at radius 3 is 2.43 bits per heavy atom. The zero-order chi connectivity index (χ0) is 15.1. The molecule has 0 aliphatic rings. The third-order valence-electron chi connectivity index (χ3n) is 3.70. The van der Waals surface area contributed by atoms with Gasteiger partial charge in [0, 0.05) is 18.8 Å². The van der Waals surface area contributed by atoms with E-state index in [0.717, 1.165) is 37.4 Å². The second-order valence-corrected chi connectivity index (χ2v) is 5.38. The molecule has 0 unspecified atom stereocenters. The molecule has 3 heteroatoms. The van der Waals surface area contributed by atoms with Crippen LogP contribution in [0.5, 0.6) is 0 Å². The van der Waals surface area contributed by atoms with E-state index in [0.29, 0.717) is 6.54 Å². The van der Waals surface area contributed by atoms with E-state index in [1.165, 1.54) is 11.1 Å². The van der Waals surface area contributed by atoms with Crippen LogP contribution >= 0.6 is 0 Å². The van der Waals surface area contributed by atoms with E-state index in [2.05, 4.69) is 53.2 Å². The Kier molecular flexibility index (Phi) is 5.90. The highest BCUT2D eigenvalue weighted by Crippen LogP contribution is 2.14. The van der Waals surface area contributed by atoms with E-state index < -0.39 is 0 Å². The summed E-state index contributed by atoms with van der Waals surface area (Å²) in [5.41, 5.74) is 10.6. The smallest absolute Gasteiger partial charge is 0.0547 e. The lowest BCUT2D eigenvalue weighted by atomic mass is 10.0. The summed E-state index contributed by atoms with van der Waals surface area (Å²) in [6, 6.07) is 14.8. The Bertz CT molecular complexity index is 566. The average Bonchev–Trinajstić information content (AvgIpc) is 2.49. The van der Waals surface area contributed by atoms with Crippen LogP contribution in [0, 0.1) is 6.92 Å². The summed E-state index contributed by atoms with van der Waals surface area (Å²) < 4.78 is 0. The summed E-state index contributed by atoms with van der Waals surface area (Å²) in [7, 11) is 0. The summed E-state index contributed by atoms with van der Waals surface area (Å²) in [5, 5.41) is 0. The van der Waals surface area contributed by atoms with Crippen LogP contribution in [0.4, 0.5) is 0 Å². The van der Waals surface area contributed by atoms with Gasteiger partial charge >= 0.3 is 0 Å². The minimum absolute atomic E-state index is 0.697. The van der Waals surface area contributed by atoms with Crippen molar-refractivity contribution in [1.82, 2.24) is 9.88 Å². The van der Waals surface area contributed by atoms with Crippen LogP contribution in [0.25, 0.3) is 0 Å². The zero-order valence-corrected chi connectivity index (χ0v) is 13.0. The number of rotatable bonds is 7. The molecular weight excluding hydrogens is 258 g/mol. The number of pyridine rings is 1. The van der Waals surface area contributed by atoms with Crippen LogP contribution in [0.2, 0.25) is 0 Å². The quantitative estimate of drug-likeness (QED) is 0.849. The van der Waals surface area contributed by atoms with Gasteiger partial charge in [0.1, 0.15) is 0 Å². The molecule has 0 saturated heterocycles. The molecule has 1 aromatic heterocycles. The minimum Gasteiger partial charge on any atom is -0.330 e. The molecule has 3 nitrogen and oxygen atoms in total. The molecule has 0 spiro atoms. The third-order valence-corrected chi connectivity index (χ3v) is 3.70. The first-order chi connectivity index (χ1) is 10.2. The highest BCUT2D eigenvalue weighted by Gasteiger charge is 2.09. The van der Waals surface area contributed by atoms with Gasteiger partial charge < -0.3 is 5.73 Å². The van der Waals surface area contributed by atoms with E-state index in [4.69, 9.17) is 5.73 Å². The van der Waals surface area contributed by atoms with Gasteiger partial charge in [-0.05, 0) is 49.7 Å². The summed E-state index contributed by atoms with van der Waals surface area (Å²) >= 11 is 0. The van der Waals surface area contributed by atoms with Gasteiger partial charge in [-0.15, -0.1) is 0 Å². The van der Waals surface area contributed by atoms with Crippen molar-refractivity contribution in [2.45, 2.75) is 33.4 Å². The molecule has 0 aliphatic carbocycles. The largest absolute Gasteiger partial charge is 0.330 e. The summed E-state index contributed by atoms with van der Waals surface area (Å²) in [5.74, 6) is 0. The Morgan fingerprint density at radius 1 is 1.00 bits per heavy atom. The van der Waals surface area contributed by atoms with E-state index in [9.17, 15) is 0 Å². The van der Waals surface area contributed by atoms with Gasteiger partial charge in [0.25, 0.3) is 0 Å². The van der Waals surface area contributed by atoms with Crippen molar-refractivity contribution in [3.63, 3.8) is 0 Å². The lowest BCUT2D eigenvalue weighted by molar-refractivity contribution is 0.267. The predicted molar refractivity (Wildman–Crippen MR) is 88.0 cm³/mol. The Hall–Kier alpha value is -1.71. The topological polar surface area (TPSA) is 42.2 Å². The molecule has 0 bridgehead atoms. The first-order valence-corrected chi connectivity index (χ1v) is 7.64. The predicted octanol–water partition coefficient (Wildman–Crippen LogP) is 2.91. The maximum Gasteiger partial charge on any atom is 0.0547 e. The second kappa shape index (κ2) is 7.91. The molecule has 1 heterocycles. The van der Waals surface area contributed by atoms with Crippen LogP contribution in [0.3, 0.4) is 0 Å². The van der Waals surface area contributed by atoms with Crippen molar-refractivity contribution in [2.24, 2.45) is 5.73 Å². The fourth-order valence-corrected chi connectivity index (χ4v) is 2.55. The first kappa shape index (κ1) is 15.7. The van der Waals surface area contributed by atoms with Crippen molar-refractivity contribution in [2.75, 3.05) is 13.1 Å². The number of hydrogen-bond acceptors (Lipinski definition) is 3. The van der Waals surface area contributed by atoms with Crippen molar-refractivity contribution in [3.05, 3.63) is 65.0 Å². The van der Waals surface area contributed by atoms with Crippen molar-refractivity contribution in [1.29, 1.82) is 0 Å². The van der Waals surface area contributed by atoms with Crippen LogP contribution in [0.1, 0.15) is 29.4 Å². The average molecular weight is 283 g/mol. The normalized spacial score (nSPS) is 11.0. The molecule has 0 atom stereocenters. The molecule has 112 valence electrons. The fourth-order valence-electron chi connectivity index (χ4n) is 2.55. The molecular formula is C18H25N3. The minimum atomic E-state index is 0.697. The number of benzene rings is 1. The van der Waals surface area contributed by atoms with Crippen molar-refractivity contribution in [3.8, 4) is 0 Å². The standard InChI is InChI=1S/C18H25N3/c1-3-21(14-18-10-6-7-15(2)20-18)13-17-9-5-4-8-16(17)11-12-19/h4-10H,3,11-14,19H2,1-2H3. The Balaban J connectivity index is 2.09. The van der Waals surface area contributed by atoms with Gasteiger partial charge in [-0.3, -0.25) is 9.88 Å². The summed E-state index contributed by atoms with van der Waals surface area (Å²) in [4.78, 5) is 7.01. The molecule has 2 N–H and O–H groups in total. The monoisotopic (exact) mass is 283 g/mol. The highest BCUT2D eigenvalue weighted by molar-refractivity contribution is 5.27. The lowest BCUT2D eigenvalue weighted by Crippen LogP contribution is -2.24. The van der Waals surface area contributed by atoms with Gasteiger partial charge in [0.05, 0.1) is 5.69 Å². The summed E-state index contributed by atoms with van der Waals surface area (Å²) in [6.45, 7) is 7.77. The van der Waals surface area contributed by atoms with Crippen molar-refractivity contribution < 1.29 is 0 Å². The van der Waals surface area contributed by atoms with Crippen molar-refractivity contribution >= 4 is 0 Å². The van der Waals surface area contributed by atoms with Crippen LogP contribution in [-0.4, -0.2) is 23.0 Å². The van der Waals surface area contributed by atoms with Gasteiger partial charge in [-0.25, -0.2) is 0 Å². The van der Waals surface area contributed by atoms with E-state index >= 15 is 0 Å². The van der Waals surface area contributed by atoms with E-state index in [1.807, 2.05) is 13.0 Å². The van der Waals surface area contributed by atoms with Gasteiger partial charge in [-0.1, -0.05) is 37.3 Å². The van der Waals surface area contributed by atoms with E-state index in [1.54, 1.807) is 0 Å². The number of hydrogen-bond donors (Lipinski definition) is 1. The molecule has 0 radical (unpaired) electrons. The van der Waals surface area contributed by atoms with Gasteiger partial charge in [-0.2, -0.15) is 0 Å². The maximum atomic E-state index is 5.71. The van der Waals surface area contributed by atoms with E-state index in [-0.39, 0.29) is 0 Å². The number of nitrogens with zero attached hydrogens (tertiary/aromatic N) is 2. The SMILES string of the molecule is CCN(Cc1cccc(C)n1)Cc1ccccc1CCN. The molecule has 0 amide bonds. The fraction of sp³-hybridized carbons (Fsp3) is 0.389. The lowest BCUT2D eigenvalue weighted by Gasteiger charge is -2.22. The zero-order valence-electron chi connectivity index (χ0n) is 13.0. The Labute approximate surface area is 127 Å². The molecule has 21 heavy (non-hydrogen) atoms. The molecule has 0 aliphatic heterocycles. The highest BCUT2D eigenvalue weighted by atomic mass is 15.1. The summed E-state index contributed by atoms with van der Waals surface area (Å²) in [6.07, 6.45) is 0.941. The second-order valence-electron chi connectivity index (χ2n) is 5.38. The van der Waals surface area contributed by atoms with Crippen LogP contribution in [-0.2, 0) is 19.5 Å². The van der Waals surface area contributed by atoms with Gasteiger partial charge in [0.2, 0.25) is 0 Å². The van der Waals surface area contributed by atoms with Gasteiger partial charge in [0.15, 0.2) is 0 Å². The van der Waals surface area contributed by atoms with Crippen LogP contribution in [0.15, 0.2) is 42.5 Å². The number of nitrogens with two attached hydrogens (primary N) is 1. The number of aryl methyl sites for hydroxylation is 1. The third kappa shape index (κ3) is 4.66. The van der Waals surface area contributed by atoms with Crippen LogP contribution < -0.4 is 5.73 Å². The maximum absolute atomic E-state index is 5.71. The Morgan fingerprint density at radius 2 is 1.76 bits per heavy atom. The molecule has 2 aromatic rings. The molecule has 1 aromatic carbocycles. The number of aromatic nitrogens is 1. The first-order valence-electron chi connectivity index (χ1n) is 7.64.